The minimum atomic E-state index is -0.341. The molecule has 1 N–H and O–H groups in total. The monoisotopic (exact) mass is 422 g/mol. The van der Waals surface area contributed by atoms with E-state index in [0.29, 0.717) is 5.56 Å². The number of H-pyrrole nitrogens is 1. The van der Waals surface area contributed by atoms with Gasteiger partial charge in [0.1, 0.15) is 11.3 Å². The van der Waals surface area contributed by atoms with Crippen LogP contribution in [0.1, 0.15) is 10.4 Å². The number of hydrogen-bond acceptors (Lipinski definition) is 6. The Morgan fingerprint density at radius 2 is 1.64 bits per heavy atom. The highest BCUT2D eigenvalue weighted by atomic mass is 32.1. The van der Waals surface area contributed by atoms with Gasteiger partial charge in [-0.2, -0.15) is 0 Å². The minimum absolute atomic E-state index is 0.341. The summed E-state index contributed by atoms with van der Waals surface area (Å²) in [5, 5.41) is 4.18. The Bertz CT molecular complexity index is 1180. The van der Waals surface area contributed by atoms with Crippen LogP contribution >= 0.6 is 34.0 Å². The second-order valence-corrected chi connectivity index (χ2v) is 9.01. The van der Waals surface area contributed by atoms with Gasteiger partial charge in [0, 0.05) is 15.3 Å². The van der Waals surface area contributed by atoms with Crippen molar-refractivity contribution in [2.75, 3.05) is 7.11 Å². The number of carbonyl (C=O) groups excluding carboxylic acids is 1. The number of rotatable bonds is 4. The van der Waals surface area contributed by atoms with Crippen molar-refractivity contribution >= 4 is 51.0 Å². The number of aromatic nitrogens is 2. The predicted octanol–water partition coefficient (Wildman–Crippen LogP) is 6.54. The first-order valence-corrected chi connectivity index (χ1v) is 11.1. The summed E-state index contributed by atoms with van der Waals surface area (Å²) in [6, 6.07) is 15.7. The second-order valence-electron chi connectivity index (χ2n) is 6.09. The van der Waals surface area contributed by atoms with Gasteiger partial charge in [0.25, 0.3) is 0 Å². The molecule has 0 radical (unpaired) electrons. The molecule has 0 aliphatic heterocycles. The van der Waals surface area contributed by atoms with Crippen LogP contribution in [0, 0.1) is 0 Å². The van der Waals surface area contributed by atoms with Crippen molar-refractivity contribution in [3.8, 4) is 30.9 Å². The van der Waals surface area contributed by atoms with Gasteiger partial charge in [-0.25, -0.2) is 9.78 Å². The molecule has 28 heavy (non-hydrogen) atoms. The summed E-state index contributed by atoms with van der Waals surface area (Å²) in [5.41, 5.74) is 3.51. The average molecular weight is 423 g/mol. The smallest absolute Gasteiger partial charge is 0.337 e. The zero-order chi connectivity index (χ0) is 19.1. The first kappa shape index (κ1) is 17.4. The highest BCUT2D eigenvalue weighted by molar-refractivity contribution is 7.27. The van der Waals surface area contributed by atoms with Crippen molar-refractivity contribution in [2.24, 2.45) is 0 Å². The molecule has 7 heteroatoms. The molecule has 5 aromatic rings. The highest BCUT2D eigenvalue weighted by Crippen LogP contribution is 2.46. The van der Waals surface area contributed by atoms with Gasteiger partial charge < -0.3 is 9.72 Å². The van der Waals surface area contributed by atoms with Gasteiger partial charge in [-0.15, -0.1) is 34.0 Å². The van der Waals surface area contributed by atoms with Crippen LogP contribution in [0.2, 0.25) is 0 Å². The van der Waals surface area contributed by atoms with Crippen LogP contribution in [-0.2, 0) is 4.74 Å². The Morgan fingerprint density at radius 3 is 2.25 bits per heavy atom. The normalized spacial score (nSPS) is 11.2. The van der Waals surface area contributed by atoms with Crippen LogP contribution in [0.4, 0.5) is 0 Å². The molecule has 0 aliphatic rings. The van der Waals surface area contributed by atoms with Crippen LogP contribution in [-0.4, -0.2) is 23.0 Å². The standard InChI is InChI=1S/C21H14N2O2S3/c1-25-21(24)13-8-6-12(7-9-13)20-22-16-17(23-20)19(15-5-3-11-27-15)28-18(16)14-4-2-10-26-14/h2-11H,1H3,(H,22,23). The summed E-state index contributed by atoms with van der Waals surface area (Å²) in [4.78, 5) is 24.9. The van der Waals surface area contributed by atoms with Crippen molar-refractivity contribution in [3.05, 3.63) is 64.9 Å². The van der Waals surface area contributed by atoms with Gasteiger partial charge in [0.2, 0.25) is 0 Å². The number of esters is 1. The molecule has 0 amide bonds. The lowest BCUT2D eigenvalue weighted by atomic mass is 10.1. The molecule has 0 atom stereocenters. The maximum atomic E-state index is 11.7. The van der Waals surface area contributed by atoms with Crippen molar-refractivity contribution in [1.82, 2.24) is 9.97 Å². The molecule has 138 valence electrons. The van der Waals surface area contributed by atoms with Crippen molar-refractivity contribution in [2.45, 2.75) is 0 Å². The van der Waals surface area contributed by atoms with E-state index in [1.165, 1.54) is 26.6 Å². The molecular weight excluding hydrogens is 408 g/mol. The number of methoxy groups -OCH3 is 1. The molecule has 4 heterocycles. The molecule has 0 saturated heterocycles. The molecule has 1 aromatic carbocycles. The zero-order valence-corrected chi connectivity index (χ0v) is 17.2. The number of nitrogens with zero attached hydrogens (tertiary/aromatic N) is 1. The first-order valence-electron chi connectivity index (χ1n) is 8.53. The Morgan fingerprint density at radius 1 is 0.964 bits per heavy atom. The molecular formula is C21H14N2O2S3. The Labute approximate surface area is 173 Å². The molecule has 0 saturated carbocycles. The summed E-state index contributed by atoms with van der Waals surface area (Å²) >= 11 is 5.23. The number of imidazole rings is 1. The number of ether oxygens (including phenoxy) is 1. The Hall–Kier alpha value is -2.74. The number of fused-ring (bicyclic) bond motifs is 1. The Balaban J connectivity index is 1.66. The van der Waals surface area contributed by atoms with Crippen LogP contribution in [0.5, 0.6) is 0 Å². The molecule has 4 aromatic heterocycles. The van der Waals surface area contributed by atoms with E-state index < -0.39 is 0 Å². The summed E-state index contributed by atoms with van der Waals surface area (Å²) < 4.78 is 4.77. The van der Waals surface area contributed by atoms with Gasteiger partial charge in [-0.3, -0.25) is 0 Å². The number of hydrogen-bond donors (Lipinski definition) is 1. The predicted molar refractivity (Wildman–Crippen MR) is 117 cm³/mol. The van der Waals surface area contributed by atoms with Gasteiger partial charge >= 0.3 is 5.97 Å². The Kier molecular flexibility index (Phi) is 4.35. The maximum absolute atomic E-state index is 11.7. The van der Waals surface area contributed by atoms with Gasteiger partial charge in [-0.1, -0.05) is 24.3 Å². The van der Waals surface area contributed by atoms with Crippen molar-refractivity contribution in [1.29, 1.82) is 0 Å². The summed E-state index contributed by atoms with van der Waals surface area (Å²) in [7, 11) is 1.38. The molecule has 0 bridgehead atoms. The fourth-order valence-corrected chi connectivity index (χ4v) is 5.99. The van der Waals surface area contributed by atoms with Gasteiger partial charge in [-0.05, 0) is 35.0 Å². The van der Waals surface area contributed by atoms with Gasteiger partial charge in [0.15, 0.2) is 0 Å². The lowest BCUT2D eigenvalue weighted by molar-refractivity contribution is 0.0601. The third kappa shape index (κ3) is 2.88. The molecule has 0 spiro atoms. The number of thiophene rings is 3. The van der Waals surface area contributed by atoms with E-state index in [4.69, 9.17) is 9.72 Å². The van der Waals surface area contributed by atoms with E-state index >= 15 is 0 Å². The molecule has 0 fully saturated rings. The van der Waals surface area contributed by atoms with Crippen LogP contribution in [0.15, 0.2) is 59.3 Å². The largest absolute Gasteiger partial charge is 0.465 e. The highest BCUT2D eigenvalue weighted by Gasteiger charge is 2.20. The summed E-state index contributed by atoms with van der Waals surface area (Å²) in [6.07, 6.45) is 0. The van der Waals surface area contributed by atoms with E-state index in [2.05, 4.69) is 40.0 Å². The number of benzene rings is 1. The van der Waals surface area contributed by atoms with Gasteiger partial charge in [0.05, 0.1) is 27.9 Å². The number of carbonyl (C=O) groups is 1. The van der Waals surface area contributed by atoms with E-state index in [1.807, 2.05) is 12.1 Å². The van der Waals surface area contributed by atoms with Crippen LogP contribution < -0.4 is 0 Å². The lowest BCUT2D eigenvalue weighted by Gasteiger charge is -2.01. The molecule has 4 nitrogen and oxygen atoms in total. The quantitative estimate of drug-likeness (QED) is 0.335. The first-order chi connectivity index (χ1) is 13.7. The second kappa shape index (κ2) is 7.01. The summed E-state index contributed by atoms with van der Waals surface area (Å²) in [5.74, 6) is 0.455. The van der Waals surface area contributed by atoms with E-state index in [1.54, 1.807) is 46.1 Å². The molecule has 0 aliphatic carbocycles. The molecule has 0 unspecified atom stereocenters. The fourth-order valence-electron chi connectivity index (χ4n) is 3.08. The van der Waals surface area contributed by atoms with Crippen molar-refractivity contribution < 1.29 is 9.53 Å². The van der Waals surface area contributed by atoms with E-state index in [0.717, 1.165) is 22.4 Å². The lowest BCUT2D eigenvalue weighted by Crippen LogP contribution is -2.00. The number of aromatic amines is 1. The zero-order valence-electron chi connectivity index (χ0n) is 14.8. The van der Waals surface area contributed by atoms with Crippen LogP contribution in [0.25, 0.3) is 41.9 Å². The third-order valence-electron chi connectivity index (χ3n) is 4.42. The minimum Gasteiger partial charge on any atom is -0.465 e. The maximum Gasteiger partial charge on any atom is 0.337 e. The third-order valence-corrected chi connectivity index (χ3v) is 7.70. The number of nitrogens with one attached hydrogen (secondary N) is 1. The average Bonchev–Trinajstić information content (AvgIpc) is 3.51. The topological polar surface area (TPSA) is 55.0 Å². The molecule has 5 rings (SSSR count). The van der Waals surface area contributed by atoms with E-state index in [9.17, 15) is 4.79 Å². The van der Waals surface area contributed by atoms with Crippen molar-refractivity contribution in [3.63, 3.8) is 0 Å². The van der Waals surface area contributed by atoms with Crippen LogP contribution in [0.3, 0.4) is 0 Å². The SMILES string of the molecule is COC(=O)c1ccc(-c2nc3c(-c4cccs4)sc(-c4cccs4)c3[nH]2)cc1. The van der Waals surface area contributed by atoms with E-state index in [-0.39, 0.29) is 5.97 Å². The summed E-state index contributed by atoms with van der Waals surface area (Å²) in [6.45, 7) is 0. The fraction of sp³-hybridized carbons (Fsp3) is 0.0476.